The molecule has 152 valence electrons. The molecule has 2 N–H and O–H groups in total. The first-order valence-electron chi connectivity index (χ1n) is 9.63. The van der Waals surface area contributed by atoms with Gasteiger partial charge < -0.3 is 29.4 Å². The van der Waals surface area contributed by atoms with Gasteiger partial charge in [0.15, 0.2) is 5.96 Å². The van der Waals surface area contributed by atoms with Crippen molar-refractivity contribution in [2.75, 3.05) is 40.0 Å². The van der Waals surface area contributed by atoms with E-state index in [9.17, 15) is 4.79 Å². The van der Waals surface area contributed by atoms with E-state index in [1.54, 1.807) is 18.3 Å². The van der Waals surface area contributed by atoms with Crippen LogP contribution in [0.15, 0.2) is 27.8 Å². The molecule has 1 aromatic rings. The second-order valence-corrected chi connectivity index (χ2v) is 6.66. The molecule has 0 aromatic carbocycles. The van der Waals surface area contributed by atoms with E-state index in [0.29, 0.717) is 32.8 Å². The van der Waals surface area contributed by atoms with Crippen LogP contribution in [-0.4, -0.2) is 69.0 Å². The highest BCUT2D eigenvalue weighted by Gasteiger charge is 2.24. The average molecular weight is 380 g/mol. The highest BCUT2D eigenvalue weighted by Crippen LogP contribution is 2.11. The summed E-state index contributed by atoms with van der Waals surface area (Å²) in [6.45, 7) is 6.88. The quantitative estimate of drug-likeness (QED) is 0.530. The van der Waals surface area contributed by atoms with Gasteiger partial charge in [0.25, 0.3) is 0 Å². The number of methoxy groups -OCH3 is 1. The normalized spacial score (nSPS) is 16.9. The number of piperidine rings is 1. The van der Waals surface area contributed by atoms with Crippen LogP contribution in [0.25, 0.3) is 0 Å². The Morgan fingerprint density at radius 3 is 2.85 bits per heavy atom. The van der Waals surface area contributed by atoms with Gasteiger partial charge in [-0.25, -0.2) is 4.79 Å². The number of aliphatic imine (C=N–C) groups is 1. The van der Waals surface area contributed by atoms with Crippen LogP contribution in [0, 0.1) is 0 Å². The second-order valence-electron chi connectivity index (χ2n) is 6.66. The number of amides is 1. The van der Waals surface area contributed by atoms with E-state index in [2.05, 4.69) is 22.5 Å². The van der Waals surface area contributed by atoms with E-state index in [-0.39, 0.29) is 18.2 Å². The molecule has 0 bridgehead atoms. The average Bonchev–Trinajstić information content (AvgIpc) is 3.16. The summed E-state index contributed by atoms with van der Waals surface area (Å²) >= 11 is 0. The lowest BCUT2D eigenvalue weighted by atomic mass is 10.1. The maximum atomic E-state index is 11.8. The van der Waals surface area contributed by atoms with Crippen LogP contribution in [0.3, 0.4) is 0 Å². The highest BCUT2D eigenvalue weighted by atomic mass is 16.6. The van der Waals surface area contributed by atoms with Gasteiger partial charge in [0.1, 0.15) is 5.76 Å². The Morgan fingerprint density at radius 2 is 2.22 bits per heavy atom. The molecule has 0 saturated carbocycles. The van der Waals surface area contributed by atoms with Gasteiger partial charge in [0.2, 0.25) is 0 Å². The standard InChI is InChI=1S/C19H32N4O4/c1-4-26-19(24)23-11-8-16(9-12-23)22-18(21-15(2)14-25-3)20-10-7-17-6-5-13-27-17/h5-6,13,15-16H,4,7-12,14H2,1-3H3,(H2,20,21,22). The molecule has 1 amide bonds. The first-order chi connectivity index (χ1) is 13.1. The fourth-order valence-corrected chi connectivity index (χ4v) is 3.01. The number of guanidine groups is 1. The van der Waals surface area contributed by atoms with E-state index in [1.807, 2.05) is 19.1 Å². The predicted octanol–water partition coefficient (Wildman–Crippen LogP) is 2.01. The van der Waals surface area contributed by atoms with Crippen molar-refractivity contribution in [3.05, 3.63) is 24.2 Å². The lowest BCUT2D eigenvalue weighted by Crippen LogP contribution is -2.52. The molecule has 1 aromatic heterocycles. The van der Waals surface area contributed by atoms with Crippen molar-refractivity contribution >= 4 is 12.1 Å². The van der Waals surface area contributed by atoms with E-state index in [0.717, 1.165) is 31.0 Å². The Morgan fingerprint density at radius 1 is 1.44 bits per heavy atom. The molecule has 1 atom stereocenters. The summed E-state index contributed by atoms with van der Waals surface area (Å²) in [4.78, 5) is 18.3. The maximum Gasteiger partial charge on any atom is 0.409 e. The first-order valence-corrected chi connectivity index (χ1v) is 9.63. The molecule has 1 aliphatic rings. The van der Waals surface area contributed by atoms with E-state index < -0.39 is 0 Å². The Bertz CT molecular complexity index is 568. The van der Waals surface area contributed by atoms with Gasteiger partial charge in [-0.3, -0.25) is 4.99 Å². The van der Waals surface area contributed by atoms with Crippen molar-refractivity contribution in [3.63, 3.8) is 0 Å². The lowest BCUT2D eigenvalue weighted by Gasteiger charge is -2.32. The number of ether oxygens (including phenoxy) is 2. The van der Waals surface area contributed by atoms with Gasteiger partial charge in [0, 0.05) is 45.2 Å². The van der Waals surface area contributed by atoms with Gasteiger partial charge in [-0.2, -0.15) is 0 Å². The minimum atomic E-state index is -0.227. The molecular weight excluding hydrogens is 348 g/mol. The summed E-state index contributed by atoms with van der Waals surface area (Å²) in [7, 11) is 1.68. The van der Waals surface area contributed by atoms with Crippen LogP contribution in [0.2, 0.25) is 0 Å². The highest BCUT2D eigenvalue weighted by molar-refractivity contribution is 5.80. The molecule has 1 fully saturated rings. The third-order valence-corrected chi connectivity index (χ3v) is 4.37. The number of carbonyl (C=O) groups is 1. The van der Waals surface area contributed by atoms with Gasteiger partial charge >= 0.3 is 6.09 Å². The summed E-state index contributed by atoms with van der Waals surface area (Å²) in [6, 6.07) is 4.24. The summed E-state index contributed by atoms with van der Waals surface area (Å²) in [5.74, 6) is 1.69. The fraction of sp³-hybridized carbons (Fsp3) is 0.684. The molecular formula is C19H32N4O4. The molecule has 2 rings (SSSR count). The van der Waals surface area contributed by atoms with Crippen LogP contribution >= 0.6 is 0 Å². The molecule has 8 nitrogen and oxygen atoms in total. The van der Waals surface area contributed by atoms with Gasteiger partial charge in [-0.05, 0) is 38.8 Å². The molecule has 2 heterocycles. The third kappa shape index (κ3) is 7.50. The predicted molar refractivity (Wildman–Crippen MR) is 104 cm³/mol. The third-order valence-electron chi connectivity index (χ3n) is 4.37. The zero-order valence-corrected chi connectivity index (χ0v) is 16.6. The summed E-state index contributed by atoms with van der Waals surface area (Å²) in [6.07, 6.45) is 3.91. The molecule has 1 unspecified atom stereocenters. The Balaban J connectivity index is 1.86. The van der Waals surface area contributed by atoms with Crippen molar-refractivity contribution in [3.8, 4) is 0 Å². The smallest absolute Gasteiger partial charge is 0.409 e. The largest absolute Gasteiger partial charge is 0.469 e. The van der Waals surface area contributed by atoms with Crippen molar-refractivity contribution < 1.29 is 18.7 Å². The molecule has 0 aliphatic carbocycles. The molecule has 1 aliphatic heterocycles. The molecule has 1 saturated heterocycles. The number of nitrogens with zero attached hydrogens (tertiary/aromatic N) is 2. The van der Waals surface area contributed by atoms with E-state index >= 15 is 0 Å². The fourth-order valence-electron chi connectivity index (χ4n) is 3.01. The molecule has 0 spiro atoms. The number of hydrogen-bond acceptors (Lipinski definition) is 5. The van der Waals surface area contributed by atoms with Crippen molar-refractivity contribution in [1.82, 2.24) is 15.5 Å². The van der Waals surface area contributed by atoms with Crippen LogP contribution < -0.4 is 10.6 Å². The number of nitrogens with one attached hydrogen (secondary N) is 2. The van der Waals surface area contributed by atoms with Crippen LogP contribution in [0.5, 0.6) is 0 Å². The van der Waals surface area contributed by atoms with Gasteiger partial charge in [-0.15, -0.1) is 0 Å². The van der Waals surface area contributed by atoms with Gasteiger partial charge in [-0.1, -0.05) is 0 Å². The SMILES string of the molecule is CCOC(=O)N1CCC(NC(=NCCc2ccco2)NC(C)COC)CC1. The topological polar surface area (TPSA) is 88.3 Å². The molecule has 8 heteroatoms. The minimum absolute atomic E-state index is 0.143. The Kier molecular flexibility index (Phi) is 8.97. The molecule has 0 radical (unpaired) electrons. The Hall–Kier alpha value is -2.22. The lowest BCUT2D eigenvalue weighted by molar-refractivity contribution is 0.0962. The first kappa shape index (κ1) is 21.1. The second kappa shape index (κ2) is 11.5. The van der Waals surface area contributed by atoms with Crippen molar-refractivity contribution in [2.24, 2.45) is 4.99 Å². The zero-order valence-electron chi connectivity index (χ0n) is 16.6. The van der Waals surface area contributed by atoms with E-state index in [4.69, 9.17) is 13.9 Å². The van der Waals surface area contributed by atoms with Crippen molar-refractivity contribution in [2.45, 2.75) is 45.2 Å². The number of carbonyl (C=O) groups excluding carboxylic acids is 1. The number of likely N-dealkylation sites (tertiary alicyclic amines) is 1. The van der Waals surface area contributed by atoms with E-state index in [1.165, 1.54) is 0 Å². The van der Waals surface area contributed by atoms with Crippen LogP contribution in [0.4, 0.5) is 4.79 Å². The summed E-state index contributed by atoms with van der Waals surface area (Å²) < 4.78 is 15.6. The van der Waals surface area contributed by atoms with Crippen LogP contribution in [0.1, 0.15) is 32.4 Å². The molecule has 27 heavy (non-hydrogen) atoms. The monoisotopic (exact) mass is 380 g/mol. The number of hydrogen-bond donors (Lipinski definition) is 2. The number of rotatable bonds is 8. The summed E-state index contributed by atoms with van der Waals surface area (Å²) in [5, 5.41) is 6.87. The van der Waals surface area contributed by atoms with Crippen LogP contribution in [-0.2, 0) is 15.9 Å². The van der Waals surface area contributed by atoms with Crippen molar-refractivity contribution in [1.29, 1.82) is 0 Å². The van der Waals surface area contributed by atoms with Gasteiger partial charge in [0.05, 0.1) is 19.5 Å². The Labute approximate surface area is 161 Å². The zero-order chi connectivity index (χ0) is 19.5. The number of furan rings is 1. The maximum absolute atomic E-state index is 11.8. The summed E-state index contributed by atoms with van der Waals surface area (Å²) in [5.41, 5.74) is 0. The minimum Gasteiger partial charge on any atom is -0.469 e.